The molecule has 2 aromatic rings. The number of aromatic nitrogens is 2. The molecular formula is C13H17N3S2. The van der Waals surface area contributed by atoms with Gasteiger partial charge in [-0.3, -0.25) is 4.90 Å². The molecule has 1 aliphatic heterocycles. The number of thiophene rings is 1. The molecule has 0 fully saturated rings. The molecule has 0 amide bonds. The van der Waals surface area contributed by atoms with Gasteiger partial charge >= 0.3 is 0 Å². The van der Waals surface area contributed by atoms with E-state index < -0.39 is 0 Å². The highest BCUT2D eigenvalue weighted by Crippen LogP contribution is 2.32. The van der Waals surface area contributed by atoms with Gasteiger partial charge in [-0.05, 0) is 42.6 Å². The van der Waals surface area contributed by atoms with Gasteiger partial charge in [0.25, 0.3) is 0 Å². The average Bonchev–Trinajstić information content (AvgIpc) is 2.95. The van der Waals surface area contributed by atoms with E-state index in [-0.39, 0.29) is 0 Å². The van der Waals surface area contributed by atoms with Crippen molar-refractivity contribution in [1.82, 2.24) is 14.0 Å². The lowest BCUT2D eigenvalue weighted by Crippen LogP contribution is -2.34. The molecule has 96 valence electrons. The third-order valence-electron chi connectivity index (χ3n) is 3.76. The van der Waals surface area contributed by atoms with Crippen molar-refractivity contribution in [2.45, 2.75) is 26.1 Å². The number of rotatable bonds is 2. The molecule has 3 rings (SSSR count). The lowest BCUT2D eigenvalue weighted by Gasteiger charge is -2.33. The number of imidazole rings is 1. The molecule has 3 nitrogen and oxygen atoms in total. The Morgan fingerprint density at radius 1 is 1.44 bits per heavy atom. The van der Waals surface area contributed by atoms with Gasteiger partial charge in [0.1, 0.15) is 0 Å². The van der Waals surface area contributed by atoms with E-state index in [4.69, 9.17) is 12.2 Å². The third-order valence-corrected chi connectivity index (χ3v) is 5.27. The zero-order valence-electron chi connectivity index (χ0n) is 10.7. The van der Waals surface area contributed by atoms with Crippen molar-refractivity contribution in [1.29, 1.82) is 0 Å². The van der Waals surface area contributed by atoms with Gasteiger partial charge < -0.3 is 9.13 Å². The Morgan fingerprint density at radius 3 is 3.00 bits per heavy atom. The summed E-state index contributed by atoms with van der Waals surface area (Å²) in [6.45, 7) is 4.29. The molecule has 0 bridgehead atoms. The minimum atomic E-state index is 0.488. The van der Waals surface area contributed by atoms with Crippen LogP contribution >= 0.6 is 23.6 Å². The van der Waals surface area contributed by atoms with Crippen LogP contribution in [0.1, 0.15) is 23.4 Å². The molecule has 0 spiro atoms. The van der Waals surface area contributed by atoms with Crippen LogP contribution in [0.15, 0.2) is 23.8 Å². The van der Waals surface area contributed by atoms with Crippen LogP contribution in [-0.4, -0.2) is 20.6 Å². The first-order valence-corrected chi connectivity index (χ1v) is 7.47. The quantitative estimate of drug-likeness (QED) is 0.783. The first-order valence-electron chi connectivity index (χ1n) is 6.19. The maximum Gasteiger partial charge on any atom is 0.180 e. The fourth-order valence-corrected chi connectivity index (χ4v) is 3.71. The van der Waals surface area contributed by atoms with E-state index in [0.29, 0.717) is 6.04 Å². The molecule has 2 aromatic heterocycles. The third kappa shape index (κ3) is 1.96. The molecule has 0 aromatic carbocycles. The van der Waals surface area contributed by atoms with Crippen molar-refractivity contribution in [3.05, 3.63) is 39.1 Å². The second-order valence-corrected chi connectivity index (χ2v) is 6.21. The maximum atomic E-state index is 5.40. The Morgan fingerprint density at radius 2 is 2.28 bits per heavy atom. The van der Waals surface area contributed by atoms with Gasteiger partial charge in [-0.15, -0.1) is 11.3 Å². The van der Waals surface area contributed by atoms with Gasteiger partial charge in [0.15, 0.2) is 4.77 Å². The first kappa shape index (κ1) is 12.1. The highest BCUT2D eigenvalue weighted by molar-refractivity contribution is 7.71. The molecular weight excluding hydrogens is 262 g/mol. The van der Waals surface area contributed by atoms with Crippen molar-refractivity contribution in [2.75, 3.05) is 6.54 Å². The van der Waals surface area contributed by atoms with E-state index in [9.17, 15) is 0 Å². The van der Waals surface area contributed by atoms with Crippen LogP contribution in [0.5, 0.6) is 0 Å². The number of hydrogen-bond donors (Lipinski definition) is 0. The summed E-state index contributed by atoms with van der Waals surface area (Å²) in [4.78, 5) is 4.04. The summed E-state index contributed by atoms with van der Waals surface area (Å²) in [5.41, 5.74) is 1.49. The van der Waals surface area contributed by atoms with Crippen LogP contribution in [0.4, 0.5) is 0 Å². The summed E-state index contributed by atoms with van der Waals surface area (Å²) in [6, 6.07) is 2.75. The highest BCUT2D eigenvalue weighted by atomic mass is 32.1. The number of hydrogen-bond acceptors (Lipinski definition) is 3. The van der Waals surface area contributed by atoms with Gasteiger partial charge in [0.2, 0.25) is 0 Å². The normalized spacial score (nSPS) is 20.0. The molecule has 0 unspecified atom stereocenters. The average molecular weight is 279 g/mol. The molecule has 18 heavy (non-hydrogen) atoms. The first-order chi connectivity index (χ1) is 8.66. The monoisotopic (exact) mass is 279 g/mol. The Balaban J connectivity index is 1.83. The minimum absolute atomic E-state index is 0.488. The predicted octanol–water partition coefficient (Wildman–Crippen LogP) is 3.19. The van der Waals surface area contributed by atoms with Gasteiger partial charge in [-0.1, -0.05) is 0 Å². The number of aryl methyl sites for hydroxylation is 1. The lowest BCUT2D eigenvalue weighted by atomic mass is 10.0. The molecule has 1 aliphatic rings. The molecule has 0 radical (unpaired) electrons. The van der Waals surface area contributed by atoms with Gasteiger partial charge in [0, 0.05) is 36.9 Å². The van der Waals surface area contributed by atoms with E-state index in [1.54, 1.807) is 4.88 Å². The smallest absolute Gasteiger partial charge is 0.180 e. The van der Waals surface area contributed by atoms with E-state index in [1.165, 1.54) is 5.56 Å². The van der Waals surface area contributed by atoms with Crippen molar-refractivity contribution >= 4 is 23.6 Å². The largest absolute Gasteiger partial charge is 0.327 e. The van der Waals surface area contributed by atoms with Crippen molar-refractivity contribution in [3.8, 4) is 0 Å². The zero-order chi connectivity index (χ0) is 12.7. The second-order valence-electron chi connectivity index (χ2n) is 4.84. The fourth-order valence-electron chi connectivity index (χ4n) is 2.57. The number of nitrogens with zero attached hydrogens (tertiary/aromatic N) is 3. The fraction of sp³-hybridized carbons (Fsp3) is 0.462. The Hall–Kier alpha value is -0.910. The molecule has 3 heterocycles. The molecule has 0 N–H and O–H groups in total. The number of fused-ring (bicyclic) bond motifs is 1. The molecule has 5 heteroatoms. The van der Waals surface area contributed by atoms with E-state index in [0.717, 1.165) is 24.4 Å². The van der Waals surface area contributed by atoms with E-state index in [2.05, 4.69) is 34.0 Å². The van der Waals surface area contributed by atoms with Crippen LogP contribution in [0, 0.1) is 4.77 Å². The van der Waals surface area contributed by atoms with Gasteiger partial charge in [-0.2, -0.15) is 0 Å². The van der Waals surface area contributed by atoms with Crippen LogP contribution in [0.2, 0.25) is 0 Å². The zero-order valence-corrected chi connectivity index (χ0v) is 12.3. The van der Waals surface area contributed by atoms with Crippen molar-refractivity contribution < 1.29 is 0 Å². The predicted molar refractivity (Wildman–Crippen MR) is 77.4 cm³/mol. The van der Waals surface area contributed by atoms with E-state index in [1.807, 2.05) is 29.1 Å². The van der Waals surface area contributed by atoms with Gasteiger partial charge in [-0.25, -0.2) is 0 Å². The summed E-state index contributed by atoms with van der Waals surface area (Å²) in [5.74, 6) is 0. The van der Waals surface area contributed by atoms with Crippen LogP contribution in [-0.2, 0) is 20.1 Å². The second kappa shape index (κ2) is 4.64. The summed E-state index contributed by atoms with van der Waals surface area (Å²) < 4.78 is 5.02. The molecule has 0 aliphatic carbocycles. The Bertz CT molecular complexity index is 608. The highest BCUT2D eigenvalue weighted by Gasteiger charge is 2.24. The van der Waals surface area contributed by atoms with E-state index >= 15 is 0 Å². The molecule has 1 atom stereocenters. The summed E-state index contributed by atoms with van der Waals surface area (Å²) in [7, 11) is 2.00. The Labute approximate surface area is 116 Å². The summed E-state index contributed by atoms with van der Waals surface area (Å²) in [5, 5.41) is 2.21. The topological polar surface area (TPSA) is 13.1 Å². The van der Waals surface area contributed by atoms with Gasteiger partial charge in [0.05, 0.1) is 6.67 Å². The lowest BCUT2D eigenvalue weighted by molar-refractivity contribution is 0.152. The van der Waals surface area contributed by atoms with Crippen LogP contribution in [0.25, 0.3) is 0 Å². The standard InChI is InChI=1S/C13H17N3S2/c1-10-11-4-8-18-12(11)3-5-15(10)9-16-7-6-14(2)13(16)17/h4,6-8,10H,3,5,9H2,1-2H3/t10-/m0/s1. The Kier molecular flexibility index (Phi) is 3.13. The van der Waals surface area contributed by atoms with Crippen molar-refractivity contribution in [2.24, 2.45) is 7.05 Å². The molecule has 0 saturated carbocycles. The SMILES string of the molecule is C[C@H]1c2ccsc2CCN1Cn1ccn(C)c1=S. The van der Waals surface area contributed by atoms with Crippen LogP contribution < -0.4 is 0 Å². The minimum Gasteiger partial charge on any atom is -0.327 e. The summed E-state index contributed by atoms with van der Waals surface area (Å²) in [6.07, 6.45) is 5.25. The van der Waals surface area contributed by atoms with Crippen LogP contribution in [0.3, 0.4) is 0 Å². The molecule has 0 saturated heterocycles. The maximum absolute atomic E-state index is 5.40. The summed E-state index contributed by atoms with van der Waals surface area (Å²) >= 11 is 7.28. The van der Waals surface area contributed by atoms with Crippen molar-refractivity contribution in [3.63, 3.8) is 0 Å².